The Kier molecular flexibility index (Phi) is 6.74. The molecule has 7 rings (SSSR count). The fourth-order valence-electron chi connectivity index (χ4n) is 4.82. The minimum atomic E-state index is 0. The molecule has 0 fully saturated rings. The number of benzene rings is 4. The predicted octanol–water partition coefficient (Wildman–Crippen LogP) is 7.70. The summed E-state index contributed by atoms with van der Waals surface area (Å²) in [6.07, 6.45) is 8.91. The first-order chi connectivity index (χ1) is 18.8. The molecule has 0 atom stereocenters. The van der Waals surface area contributed by atoms with Crippen LogP contribution in [0, 0.1) is 12.3 Å². The zero-order valence-corrected chi connectivity index (χ0v) is 22.9. The Morgan fingerprint density at radius 2 is 1.36 bits per heavy atom. The van der Waals surface area contributed by atoms with Crippen LogP contribution < -0.4 is 4.90 Å². The Morgan fingerprint density at radius 1 is 0.615 bits per heavy atom. The number of anilines is 3. The molecule has 4 aromatic carbocycles. The molecule has 3 heterocycles. The molecule has 7 aromatic rings. The largest absolute Gasteiger partial charge is 2.00 e. The second-order valence-electron chi connectivity index (χ2n) is 8.91. The number of rotatable bonds is 5. The van der Waals surface area contributed by atoms with Gasteiger partial charge in [0.05, 0.1) is 11.5 Å². The fourth-order valence-corrected chi connectivity index (χ4v) is 4.82. The summed E-state index contributed by atoms with van der Waals surface area (Å²) in [5.41, 5.74) is 4.44. The molecule has 0 N–H and O–H groups in total. The van der Waals surface area contributed by atoms with Gasteiger partial charge in [0.1, 0.15) is 0 Å². The summed E-state index contributed by atoms with van der Waals surface area (Å²) in [5, 5.41) is 9.09. The molecule has 0 saturated heterocycles. The topological polar surface area (TPSA) is 46.8 Å². The molecule has 0 unspecified atom stereocenters. The summed E-state index contributed by atoms with van der Waals surface area (Å²) in [4.78, 5) is 11.3. The number of pyridine rings is 2. The van der Waals surface area contributed by atoms with E-state index in [0.717, 1.165) is 55.7 Å². The van der Waals surface area contributed by atoms with Crippen molar-refractivity contribution in [2.45, 2.75) is 0 Å². The molecule has 3 aromatic heterocycles. The van der Waals surface area contributed by atoms with Crippen LogP contribution >= 0.6 is 0 Å². The SMILES string of the molecule is [Pt+2].[c-]1c(-c2ccccn2)cccc1N(c1[c-]n(-c2nccc3ccccc23)nc1)c1cccc2ccccc12. The van der Waals surface area contributed by atoms with Crippen molar-refractivity contribution in [3.05, 3.63) is 140 Å². The standard InChI is InChI=1S/C33H21N5.Pt/c1-3-14-29-24(9-1)11-8-17-32(29)38(27-13-7-12-26(21-27)31-16-5-6-19-34-31)28-22-36-37(23-28)33-30-15-4-2-10-25(30)18-20-35-33;/h1-20,22H;/q-2;+2. The van der Waals surface area contributed by atoms with Crippen LogP contribution in [-0.2, 0) is 21.1 Å². The Morgan fingerprint density at radius 3 is 2.21 bits per heavy atom. The summed E-state index contributed by atoms with van der Waals surface area (Å²) < 4.78 is 1.72. The third kappa shape index (κ3) is 4.62. The van der Waals surface area contributed by atoms with Crippen LogP contribution in [0.5, 0.6) is 0 Å². The number of aromatic nitrogens is 4. The predicted molar refractivity (Wildman–Crippen MR) is 152 cm³/mol. The van der Waals surface area contributed by atoms with Gasteiger partial charge in [-0.1, -0.05) is 72.8 Å². The van der Waals surface area contributed by atoms with Gasteiger partial charge in [-0.05, 0) is 63.8 Å². The molecule has 0 aliphatic heterocycles. The van der Waals surface area contributed by atoms with Crippen molar-refractivity contribution >= 4 is 38.6 Å². The van der Waals surface area contributed by atoms with Crippen molar-refractivity contribution in [1.29, 1.82) is 0 Å². The van der Waals surface area contributed by atoms with E-state index in [1.54, 1.807) is 17.1 Å². The average molecular weight is 683 g/mol. The summed E-state index contributed by atoms with van der Waals surface area (Å²) in [6, 6.07) is 40.5. The van der Waals surface area contributed by atoms with E-state index in [1.807, 2.05) is 54.7 Å². The first-order valence-electron chi connectivity index (χ1n) is 12.4. The first kappa shape index (κ1) is 24.7. The van der Waals surface area contributed by atoms with Crippen LogP contribution in [0.4, 0.5) is 17.1 Å². The van der Waals surface area contributed by atoms with Gasteiger partial charge in [0.25, 0.3) is 0 Å². The maximum atomic E-state index is 4.70. The van der Waals surface area contributed by atoms with Crippen molar-refractivity contribution < 1.29 is 21.1 Å². The molecule has 0 saturated carbocycles. The Labute approximate surface area is 240 Å². The molecule has 39 heavy (non-hydrogen) atoms. The number of fused-ring (bicyclic) bond motifs is 2. The van der Waals surface area contributed by atoms with Crippen LogP contribution in [0.1, 0.15) is 0 Å². The summed E-state index contributed by atoms with van der Waals surface area (Å²) in [7, 11) is 0. The first-order valence-corrected chi connectivity index (χ1v) is 12.4. The zero-order valence-electron chi connectivity index (χ0n) is 20.7. The zero-order chi connectivity index (χ0) is 25.3. The average Bonchev–Trinajstić information content (AvgIpc) is 3.47. The van der Waals surface area contributed by atoms with Crippen LogP contribution in [-0.4, -0.2) is 19.7 Å². The molecule has 188 valence electrons. The summed E-state index contributed by atoms with van der Waals surface area (Å²) >= 11 is 0. The van der Waals surface area contributed by atoms with Gasteiger partial charge in [0.15, 0.2) is 0 Å². The van der Waals surface area contributed by atoms with Crippen molar-refractivity contribution in [3.63, 3.8) is 0 Å². The molecule has 6 heteroatoms. The van der Waals surface area contributed by atoms with E-state index in [9.17, 15) is 0 Å². The molecule has 0 spiro atoms. The van der Waals surface area contributed by atoms with Gasteiger partial charge in [-0.15, -0.1) is 29.8 Å². The Hall–Kier alpha value is -4.60. The minimum absolute atomic E-state index is 0. The van der Waals surface area contributed by atoms with Gasteiger partial charge in [0, 0.05) is 17.8 Å². The third-order valence-electron chi connectivity index (χ3n) is 6.58. The third-order valence-corrected chi connectivity index (χ3v) is 6.58. The van der Waals surface area contributed by atoms with Crippen LogP contribution in [0.15, 0.2) is 128 Å². The van der Waals surface area contributed by atoms with Gasteiger partial charge >= 0.3 is 21.1 Å². The van der Waals surface area contributed by atoms with Gasteiger partial charge in [-0.3, -0.25) is 5.10 Å². The van der Waals surface area contributed by atoms with E-state index in [4.69, 9.17) is 5.10 Å². The van der Waals surface area contributed by atoms with E-state index >= 15 is 0 Å². The summed E-state index contributed by atoms with van der Waals surface area (Å²) in [6.45, 7) is 0. The number of nitrogens with zero attached hydrogens (tertiary/aromatic N) is 5. The molecule has 0 amide bonds. The van der Waals surface area contributed by atoms with Crippen molar-refractivity contribution in [3.8, 4) is 17.1 Å². The van der Waals surface area contributed by atoms with E-state index in [-0.39, 0.29) is 21.1 Å². The molecular formula is C33H21N5Pt. The number of hydrogen-bond acceptors (Lipinski definition) is 4. The van der Waals surface area contributed by atoms with Gasteiger partial charge in [-0.2, -0.15) is 0 Å². The normalized spacial score (nSPS) is 10.9. The maximum Gasteiger partial charge on any atom is 2.00 e. The number of hydrogen-bond donors (Lipinski definition) is 0. The Bertz CT molecular complexity index is 1890. The van der Waals surface area contributed by atoms with Crippen molar-refractivity contribution in [2.24, 2.45) is 0 Å². The summed E-state index contributed by atoms with van der Waals surface area (Å²) in [5.74, 6) is 0.735. The van der Waals surface area contributed by atoms with Crippen LogP contribution in [0.3, 0.4) is 0 Å². The maximum absolute atomic E-state index is 4.70. The Balaban J connectivity index is 0.00000277. The molecular weight excluding hydrogens is 661 g/mol. The minimum Gasteiger partial charge on any atom is -0.349 e. The van der Waals surface area contributed by atoms with Gasteiger partial charge in [-0.25, -0.2) is 0 Å². The van der Waals surface area contributed by atoms with E-state index in [1.165, 1.54) is 0 Å². The van der Waals surface area contributed by atoms with Crippen LogP contribution in [0.2, 0.25) is 0 Å². The smallest absolute Gasteiger partial charge is 0.349 e. The van der Waals surface area contributed by atoms with Gasteiger partial charge < -0.3 is 19.5 Å². The molecule has 0 aliphatic rings. The molecule has 0 aliphatic carbocycles. The van der Waals surface area contributed by atoms with Crippen molar-refractivity contribution in [2.75, 3.05) is 4.90 Å². The van der Waals surface area contributed by atoms with E-state index in [0.29, 0.717) is 0 Å². The second-order valence-corrected chi connectivity index (χ2v) is 8.91. The van der Waals surface area contributed by atoms with E-state index in [2.05, 4.69) is 87.8 Å². The molecule has 5 nitrogen and oxygen atoms in total. The van der Waals surface area contributed by atoms with E-state index < -0.39 is 0 Å². The fraction of sp³-hybridized carbons (Fsp3) is 0. The van der Waals surface area contributed by atoms with Crippen LogP contribution in [0.25, 0.3) is 38.6 Å². The molecule has 0 radical (unpaired) electrons. The molecule has 0 bridgehead atoms. The van der Waals surface area contributed by atoms with Gasteiger partial charge in [0.2, 0.25) is 0 Å². The monoisotopic (exact) mass is 682 g/mol. The quantitative estimate of drug-likeness (QED) is 0.175. The van der Waals surface area contributed by atoms with Crippen molar-refractivity contribution in [1.82, 2.24) is 19.7 Å². The second kappa shape index (κ2) is 10.6.